The lowest BCUT2D eigenvalue weighted by Gasteiger charge is -2.50. The van der Waals surface area contributed by atoms with Gasteiger partial charge >= 0.3 is 0 Å². The summed E-state index contributed by atoms with van der Waals surface area (Å²) in [6.45, 7) is 20.4. The Kier molecular flexibility index (Phi) is 8.10. The van der Waals surface area contributed by atoms with Crippen LogP contribution in [-0.4, -0.2) is 40.7 Å². The average molecular weight is 387 g/mol. The van der Waals surface area contributed by atoms with Gasteiger partial charge in [-0.05, 0) is 49.7 Å². The molecule has 0 N–H and O–H groups in total. The van der Waals surface area contributed by atoms with Gasteiger partial charge in [0.05, 0.1) is 12.7 Å². The van der Waals surface area contributed by atoms with Crippen LogP contribution in [0.1, 0.15) is 61.3 Å². The summed E-state index contributed by atoms with van der Waals surface area (Å²) >= 11 is 0. The lowest BCUT2D eigenvalue weighted by Crippen LogP contribution is -2.53. The number of ether oxygens (including phenoxy) is 2. The van der Waals surface area contributed by atoms with Crippen molar-refractivity contribution in [3.05, 3.63) is 0 Å². The maximum atomic E-state index is 12.6. The molecule has 1 aliphatic carbocycles. The molecule has 1 saturated carbocycles. The zero-order valence-electron chi connectivity index (χ0n) is 18.8. The van der Waals surface area contributed by atoms with Gasteiger partial charge in [0.25, 0.3) is 0 Å². The first kappa shape index (κ1) is 23.8. The number of carbonyl (C=O) groups is 1. The summed E-state index contributed by atoms with van der Waals surface area (Å²) in [7, 11) is -0.244. The second-order valence-electron chi connectivity index (χ2n) is 10.2. The molecule has 0 aromatic carbocycles. The molecule has 1 rings (SSSR count). The Morgan fingerprint density at radius 3 is 2.31 bits per heavy atom. The van der Waals surface area contributed by atoms with Crippen LogP contribution < -0.4 is 0 Å². The van der Waals surface area contributed by atoms with Gasteiger partial charge in [-0.15, -0.1) is 0 Å². The fourth-order valence-corrected chi connectivity index (χ4v) is 5.44. The highest BCUT2D eigenvalue weighted by atomic mass is 28.4. The Morgan fingerprint density at radius 1 is 1.27 bits per heavy atom. The number of methoxy groups -OCH3 is 1. The summed E-state index contributed by atoms with van der Waals surface area (Å²) in [5, 5.41) is 0.148. The van der Waals surface area contributed by atoms with E-state index in [9.17, 15) is 4.79 Å². The summed E-state index contributed by atoms with van der Waals surface area (Å²) in [4.78, 5) is 12.6. The average Bonchev–Trinajstić information content (AvgIpc) is 2.47. The fraction of sp³-hybridized carbons (Fsp3) is 0.952. The number of rotatable bonds is 8. The summed E-state index contributed by atoms with van der Waals surface area (Å²) < 4.78 is 17.8. The van der Waals surface area contributed by atoms with Crippen molar-refractivity contribution in [1.29, 1.82) is 0 Å². The minimum atomic E-state index is -1.89. The predicted molar refractivity (Wildman–Crippen MR) is 110 cm³/mol. The van der Waals surface area contributed by atoms with Crippen LogP contribution in [0.15, 0.2) is 0 Å². The van der Waals surface area contributed by atoms with Gasteiger partial charge < -0.3 is 13.9 Å². The molecule has 1 aliphatic rings. The first-order chi connectivity index (χ1) is 11.8. The smallest absolute Gasteiger partial charge is 0.192 e. The van der Waals surface area contributed by atoms with E-state index in [0.717, 1.165) is 12.8 Å². The minimum absolute atomic E-state index is 0.125. The molecule has 0 spiro atoms. The van der Waals surface area contributed by atoms with Crippen molar-refractivity contribution >= 4 is 14.1 Å². The molecule has 0 heterocycles. The number of hydrogen-bond acceptors (Lipinski definition) is 4. The van der Waals surface area contributed by atoms with Crippen molar-refractivity contribution in [2.24, 2.45) is 23.2 Å². The molecule has 4 nitrogen and oxygen atoms in total. The van der Waals surface area contributed by atoms with Gasteiger partial charge in [-0.25, -0.2) is 0 Å². The first-order valence-electron chi connectivity index (χ1n) is 10.0. The molecule has 5 heteroatoms. The summed E-state index contributed by atoms with van der Waals surface area (Å²) in [6.07, 6.45) is 1.92. The number of Topliss-reactive ketones (excluding diaryl/α,β-unsaturated/α-hetero) is 1. The Morgan fingerprint density at radius 2 is 1.85 bits per heavy atom. The van der Waals surface area contributed by atoms with Crippen LogP contribution in [0.5, 0.6) is 0 Å². The molecule has 0 aliphatic heterocycles. The van der Waals surface area contributed by atoms with Gasteiger partial charge in [0.1, 0.15) is 12.6 Å². The maximum Gasteiger partial charge on any atom is 0.192 e. The molecule has 5 atom stereocenters. The molecule has 0 aromatic heterocycles. The molecule has 0 saturated heterocycles. The fourth-order valence-electron chi connectivity index (χ4n) is 4.43. The van der Waals surface area contributed by atoms with E-state index in [-0.39, 0.29) is 35.1 Å². The molecular weight excluding hydrogens is 344 g/mol. The normalized spacial score (nSPS) is 31.7. The van der Waals surface area contributed by atoms with Crippen molar-refractivity contribution < 1.29 is 18.7 Å². The van der Waals surface area contributed by atoms with Gasteiger partial charge in [-0.3, -0.25) is 4.79 Å². The van der Waals surface area contributed by atoms with Gasteiger partial charge in [-0.2, -0.15) is 0 Å². The highest BCUT2D eigenvalue weighted by Crippen LogP contribution is 2.50. The zero-order chi connectivity index (χ0) is 20.3. The number of ketones is 1. The summed E-state index contributed by atoms with van der Waals surface area (Å²) in [5.74, 6) is 1.38. The Labute approximate surface area is 162 Å². The molecule has 154 valence electrons. The van der Waals surface area contributed by atoms with E-state index in [2.05, 4.69) is 54.6 Å². The standard InChI is InChI=1S/C21H42O4Si/c1-15-11-16(2)19(21(7,12-15)17(3)22)18(24-14-23-8)13-25-26(9,10)20(4,5)6/h15-16,18-19H,11-14H2,1-10H3/t15-,16+,18-,19+,21+/m1/s1. The van der Waals surface area contributed by atoms with Crippen LogP contribution >= 0.6 is 0 Å². The lowest BCUT2D eigenvalue weighted by atomic mass is 9.57. The summed E-state index contributed by atoms with van der Waals surface area (Å²) in [5.41, 5.74) is -0.369. The van der Waals surface area contributed by atoms with E-state index in [1.165, 1.54) is 0 Å². The third-order valence-electron chi connectivity index (χ3n) is 6.91. The molecule has 0 radical (unpaired) electrons. The van der Waals surface area contributed by atoms with E-state index < -0.39 is 8.32 Å². The second-order valence-corrected chi connectivity index (χ2v) is 15.0. The molecule has 26 heavy (non-hydrogen) atoms. The molecule has 0 bridgehead atoms. The van der Waals surface area contributed by atoms with Gasteiger partial charge in [-0.1, -0.05) is 41.5 Å². The van der Waals surface area contributed by atoms with Crippen LogP contribution in [0.2, 0.25) is 18.1 Å². The third kappa shape index (κ3) is 5.40. The van der Waals surface area contributed by atoms with Crippen molar-refractivity contribution in [3.63, 3.8) is 0 Å². The van der Waals surface area contributed by atoms with E-state index in [4.69, 9.17) is 13.9 Å². The minimum Gasteiger partial charge on any atom is -0.414 e. The number of carbonyl (C=O) groups excluding carboxylic acids is 1. The van der Waals surface area contributed by atoms with Crippen LogP contribution in [0.4, 0.5) is 0 Å². The Hall–Kier alpha value is -0.233. The topological polar surface area (TPSA) is 44.8 Å². The second kappa shape index (κ2) is 8.85. The third-order valence-corrected chi connectivity index (χ3v) is 11.4. The van der Waals surface area contributed by atoms with E-state index in [0.29, 0.717) is 18.4 Å². The zero-order valence-corrected chi connectivity index (χ0v) is 19.8. The first-order valence-corrected chi connectivity index (χ1v) is 12.9. The molecule has 0 amide bonds. The van der Waals surface area contributed by atoms with Gasteiger partial charge in [0.15, 0.2) is 8.32 Å². The monoisotopic (exact) mass is 386 g/mol. The van der Waals surface area contributed by atoms with Crippen LogP contribution in [-0.2, 0) is 18.7 Å². The maximum absolute atomic E-state index is 12.6. The molecule has 0 aromatic rings. The Bertz CT molecular complexity index is 471. The summed E-state index contributed by atoms with van der Waals surface area (Å²) in [6, 6.07) is 0. The molecule has 1 fully saturated rings. The lowest BCUT2D eigenvalue weighted by molar-refractivity contribution is -0.162. The van der Waals surface area contributed by atoms with Gasteiger partial charge in [0.2, 0.25) is 0 Å². The van der Waals surface area contributed by atoms with E-state index >= 15 is 0 Å². The SMILES string of the molecule is COCO[C@H](CO[Si](C)(C)C(C)(C)C)[C@@H]1[C@@H](C)C[C@@H](C)C[C@@]1(C)C(C)=O. The van der Waals surface area contributed by atoms with Crippen LogP contribution in [0.25, 0.3) is 0 Å². The number of hydrogen-bond donors (Lipinski definition) is 0. The highest BCUT2D eigenvalue weighted by Gasteiger charge is 2.50. The highest BCUT2D eigenvalue weighted by molar-refractivity contribution is 6.74. The van der Waals surface area contributed by atoms with E-state index in [1.54, 1.807) is 14.0 Å². The van der Waals surface area contributed by atoms with Crippen molar-refractivity contribution in [1.82, 2.24) is 0 Å². The quantitative estimate of drug-likeness (QED) is 0.421. The van der Waals surface area contributed by atoms with Gasteiger partial charge in [0, 0.05) is 18.4 Å². The molecule has 0 unspecified atom stereocenters. The van der Waals surface area contributed by atoms with Crippen LogP contribution in [0, 0.1) is 23.2 Å². The van der Waals surface area contributed by atoms with Crippen molar-refractivity contribution in [2.75, 3.05) is 20.5 Å². The Balaban J connectivity index is 3.10. The van der Waals surface area contributed by atoms with Crippen molar-refractivity contribution in [2.45, 2.75) is 85.5 Å². The largest absolute Gasteiger partial charge is 0.414 e. The van der Waals surface area contributed by atoms with E-state index in [1.807, 2.05) is 0 Å². The van der Waals surface area contributed by atoms with Crippen LogP contribution in [0.3, 0.4) is 0 Å². The van der Waals surface area contributed by atoms with Crippen molar-refractivity contribution in [3.8, 4) is 0 Å². The molecular formula is C21H42O4Si. The predicted octanol–water partition coefficient (Wildman–Crippen LogP) is 5.27.